The van der Waals surface area contributed by atoms with Gasteiger partial charge in [-0.2, -0.15) is 0 Å². The molecule has 1 aliphatic rings. The van der Waals surface area contributed by atoms with E-state index in [9.17, 15) is 10.2 Å². The molecule has 1 aromatic carbocycles. The second kappa shape index (κ2) is 4.27. The van der Waals surface area contributed by atoms with Crippen molar-refractivity contribution in [2.75, 3.05) is 0 Å². The Morgan fingerprint density at radius 2 is 1.75 bits per heavy atom. The maximum Gasteiger partial charge on any atom is 0.115 e. The number of hydrogen-bond acceptors (Lipinski definition) is 2. The lowest BCUT2D eigenvalue weighted by Crippen LogP contribution is -1.91. The van der Waals surface area contributed by atoms with Gasteiger partial charge >= 0.3 is 0 Å². The Morgan fingerprint density at radius 1 is 1.06 bits per heavy atom. The molecule has 2 nitrogen and oxygen atoms in total. The van der Waals surface area contributed by atoms with Crippen LogP contribution in [-0.2, 0) is 0 Å². The lowest BCUT2D eigenvalue weighted by Gasteiger charge is -2.10. The number of benzene rings is 1. The monoisotopic (exact) mass is 214 g/mol. The first-order chi connectivity index (χ1) is 7.66. The zero-order valence-electron chi connectivity index (χ0n) is 9.14. The van der Waals surface area contributed by atoms with Gasteiger partial charge in [0.15, 0.2) is 0 Å². The molecular weight excluding hydrogens is 200 g/mol. The van der Waals surface area contributed by atoms with Gasteiger partial charge in [-0.05, 0) is 54.3 Å². The molecule has 0 aliphatic heterocycles. The molecule has 0 saturated heterocycles. The number of aromatic hydroxyl groups is 1. The normalized spacial score (nSPS) is 18.2. The summed E-state index contributed by atoms with van der Waals surface area (Å²) in [5.41, 5.74) is 3.44. The molecule has 0 fully saturated rings. The molecule has 0 unspecified atom stereocenters. The molecule has 0 atom stereocenters. The van der Waals surface area contributed by atoms with Gasteiger partial charge < -0.3 is 10.2 Å². The molecule has 2 heteroatoms. The lowest BCUT2D eigenvalue weighted by molar-refractivity contribution is 0.429. The van der Waals surface area contributed by atoms with E-state index in [0.29, 0.717) is 5.76 Å². The zero-order chi connectivity index (χ0) is 11.5. The maximum absolute atomic E-state index is 9.23. The zero-order valence-corrected chi connectivity index (χ0v) is 9.14. The largest absolute Gasteiger partial charge is 0.508 e. The third-order valence-corrected chi connectivity index (χ3v) is 2.77. The van der Waals surface area contributed by atoms with Gasteiger partial charge in [-0.25, -0.2) is 0 Å². The third kappa shape index (κ3) is 2.16. The van der Waals surface area contributed by atoms with Crippen molar-refractivity contribution in [1.29, 1.82) is 0 Å². The van der Waals surface area contributed by atoms with Crippen LogP contribution in [0.5, 0.6) is 5.75 Å². The fraction of sp³-hybridized carbons (Fsp3) is 0.143. The van der Waals surface area contributed by atoms with Crippen molar-refractivity contribution >= 4 is 5.57 Å². The minimum Gasteiger partial charge on any atom is -0.508 e. The van der Waals surface area contributed by atoms with Crippen molar-refractivity contribution in [3.8, 4) is 5.75 Å². The van der Waals surface area contributed by atoms with E-state index in [1.165, 1.54) is 11.1 Å². The number of rotatable bonds is 1. The molecule has 0 heterocycles. The quantitative estimate of drug-likeness (QED) is 0.750. The molecule has 82 valence electrons. The van der Waals surface area contributed by atoms with Crippen molar-refractivity contribution in [2.24, 2.45) is 0 Å². The Bertz CT molecular complexity index is 476. The minimum atomic E-state index is 0.276. The average Bonchev–Trinajstić information content (AvgIpc) is 2.30. The molecule has 2 N–H and O–H groups in total. The standard InChI is InChI=1S/C14H14O2/c1-10(11-2-6-13(15)7-3-11)12-4-8-14(16)9-5-12/h2-4,6-9,15-16H,5H2,1H3. The summed E-state index contributed by atoms with van der Waals surface area (Å²) in [6, 6.07) is 7.14. The smallest absolute Gasteiger partial charge is 0.115 e. The molecule has 0 bridgehead atoms. The van der Waals surface area contributed by atoms with Gasteiger partial charge in [0.2, 0.25) is 0 Å². The van der Waals surface area contributed by atoms with E-state index < -0.39 is 0 Å². The molecule has 16 heavy (non-hydrogen) atoms. The van der Waals surface area contributed by atoms with Crippen LogP contribution in [0.4, 0.5) is 0 Å². The number of allylic oxidation sites excluding steroid dienone is 5. The molecular formula is C14H14O2. The van der Waals surface area contributed by atoms with E-state index in [2.05, 4.69) is 0 Å². The Hall–Kier alpha value is -1.96. The summed E-state index contributed by atoms with van der Waals surface area (Å²) in [6.07, 6.45) is 6.16. The van der Waals surface area contributed by atoms with Crippen molar-refractivity contribution in [3.63, 3.8) is 0 Å². The summed E-state index contributed by atoms with van der Waals surface area (Å²) in [7, 11) is 0. The molecule has 0 aromatic heterocycles. The predicted molar refractivity (Wildman–Crippen MR) is 65.2 cm³/mol. The minimum absolute atomic E-state index is 0.276. The van der Waals surface area contributed by atoms with Gasteiger partial charge in [-0.1, -0.05) is 18.2 Å². The number of phenolic OH excluding ortho intramolecular Hbond substituents is 1. The summed E-state index contributed by atoms with van der Waals surface area (Å²) in [5, 5.41) is 18.4. The van der Waals surface area contributed by atoms with E-state index in [1.54, 1.807) is 24.3 Å². The summed E-state index contributed by atoms with van der Waals surface area (Å²) >= 11 is 0. The number of aliphatic hydroxyl groups excluding tert-OH is 1. The fourth-order valence-electron chi connectivity index (χ4n) is 1.71. The molecule has 0 radical (unpaired) electrons. The molecule has 0 spiro atoms. The Balaban J connectivity index is 2.32. The van der Waals surface area contributed by atoms with Crippen LogP contribution in [0.25, 0.3) is 5.57 Å². The third-order valence-electron chi connectivity index (χ3n) is 2.77. The first-order valence-electron chi connectivity index (χ1n) is 5.23. The summed E-state index contributed by atoms with van der Waals surface area (Å²) in [6.45, 7) is 2.04. The van der Waals surface area contributed by atoms with Gasteiger partial charge in [-0.3, -0.25) is 0 Å². The van der Waals surface area contributed by atoms with Crippen LogP contribution in [-0.4, -0.2) is 10.2 Å². The number of hydrogen-bond donors (Lipinski definition) is 2. The van der Waals surface area contributed by atoms with E-state index >= 15 is 0 Å². The molecule has 0 saturated carbocycles. The number of phenols is 1. The average molecular weight is 214 g/mol. The van der Waals surface area contributed by atoms with Gasteiger partial charge in [0.1, 0.15) is 11.5 Å². The van der Waals surface area contributed by atoms with Gasteiger partial charge in [0.05, 0.1) is 0 Å². The number of aliphatic hydroxyl groups is 1. The van der Waals surface area contributed by atoms with E-state index in [1.807, 2.05) is 25.1 Å². The van der Waals surface area contributed by atoms with Gasteiger partial charge in [-0.15, -0.1) is 0 Å². The van der Waals surface area contributed by atoms with Crippen LogP contribution in [0.2, 0.25) is 0 Å². The van der Waals surface area contributed by atoms with Crippen LogP contribution in [0.1, 0.15) is 18.9 Å². The highest BCUT2D eigenvalue weighted by molar-refractivity contribution is 5.70. The maximum atomic E-state index is 9.23. The van der Waals surface area contributed by atoms with Crippen molar-refractivity contribution in [2.45, 2.75) is 13.3 Å². The Morgan fingerprint density at radius 3 is 2.31 bits per heavy atom. The predicted octanol–water partition coefficient (Wildman–Crippen LogP) is 3.57. The van der Waals surface area contributed by atoms with Crippen LogP contribution < -0.4 is 0 Å². The molecule has 1 aromatic rings. The van der Waals surface area contributed by atoms with E-state index in [4.69, 9.17) is 0 Å². The fourth-order valence-corrected chi connectivity index (χ4v) is 1.71. The second-order valence-electron chi connectivity index (χ2n) is 3.86. The molecule has 1 aliphatic carbocycles. The second-order valence-corrected chi connectivity index (χ2v) is 3.86. The summed E-state index contributed by atoms with van der Waals surface area (Å²) in [5.74, 6) is 0.598. The van der Waals surface area contributed by atoms with Crippen LogP contribution in [0, 0.1) is 0 Å². The van der Waals surface area contributed by atoms with Crippen molar-refractivity contribution in [1.82, 2.24) is 0 Å². The highest BCUT2D eigenvalue weighted by Gasteiger charge is 2.05. The highest BCUT2D eigenvalue weighted by atomic mass is 16.3. The Labute approximate surface area is 94.9 Å². The summed E-state index contributed by atoms with van der Waals surface area (Å²) < 4.78 is 0. The Kier molecular flexibility index (Phi) is 2.82. The van der Waals surface area contributed by atoms with E-state index in [-0.39, 0.29) is 5.75 Å². The van der Waals surface area contributed by atoms with Crippen molar-refractivity contribution < 1.29 is 10.2 Å². The molecule has 0 amide bonds. The van der Waals surface area contributed by atoms with Crippen molar-refractivity contribution in [3.05, 3.63) is 59.4 Å². The van der Waals surface area contributed by atoms with E-state index in [0.717, 1.165) is 12.0 Å². The lowest BCUT2D eigenvalue weighted by atomic mass is 9.96. The first-order valence-corrected chi connectivity index (χ1v) is 5.23. The SMILES string of the molecule is CC(=C1C=CC(O)=CC1)c1ccc(O)cc1. The summed E-state index contributed by atoms with van der Waals surface area (Å²) in [4.78, 5) is 0. The first kappa shape index (κ1) is 10.6. The van der Waals surface area contributed by atoms with Crippen LogP contribution in [0.15, 0.2) is 53.8 Å². The topological polar surface area (TPSA) is 40.5 Å². The molecule has 2 rings (SSSR count). The highest BCUT2D eigenvalue weighted by Crippen LogP contribution is 2.25. The van der Waals surface area contributed by atoms with Gasteiger partial charge in [0, 0.05) is 0 Å². The van der Waals surface area contributed by atoms with Crippen LogP contribution in [0.3, 0.4) is 0 Å². The van der Waals surface area contributed by atoms with Crippen LogP contribution >= 0.6 is 0 Å². The van der Waals surface area contributed by atoms with Gasteiger partial charge in [0.25, 0.3) is 0 Å².